The molecule has 1 aliphatic rings. The summed E-state index contributed by atoms with van der Waals surface area (Å²) in [5.41, 5.74) is 2.37. The minimum Gasteiger partial charge on any atom is -0.495 e. The van der Waals surface area contributed by atoms with E-state index in [1.807, 2.05) is 25.1 Å². The standard InChI is InChI=1S/C23H26ClN3O4/c1-15-5-10-20(31-2)19(12-15)27-14-16(13-22(27)29)23(30)25-11-3-4-21(28)26-18-8-6-17(24)7-9-18/h5-10,12,16H,3-4,11,13-14H2,1-2H3,(H,25,30)(H,26,28). The number of benzene rings is 2. The summed E-state index contributed by atoms with van der Waals surface area (Å²) >= 11 is 5.83. The van der Waals surface area contributed by atoms with Crippen molar-refractivity contribution in [1.29, 1.82) is 0 Å². The molecule has 3 amide bonds. The number of hydrogen-bond donors (Lipinski definition) is 2. The molecule has 31 heavy (non-hydrogen) atoms. The Hall–Kier alpha value is -3.06. The summed E-state index contributed by atoms with van der Waals surface area (Å²) in [4.78, 5) is 38.7. The highest BCUT2D eigenvalue weighted by Gasteiger charge is 2.36. The molecule has 0 aliphatic carbocycles. The molecule has 1 fully saturated rings. The van der Waals surface area contributed by atoms with Crippen LogP contribution in [0.15, 0.2) is 42.5 Å². The number of rotatable bonds is 8. The lowest BCUT2D eigenvalue weighted by Crippen LogP contribution is -2.34. The molecule has 2 N–H and O–H groups in total. The molecule has 2 aromatic carbocycles. The van der Waals surface area contributed by atoms with Crippen LogP contribution in [0, 0.1) is 12.8 Å². The Morgan fingerprint density at radius 1 is 1.19 bits per heavy atom. The Bertz CT molecular complexity index is 962. The first-order valence-corrected chi connectivity index (χ1v) is 10.5. The van der Waals surface area contributed by atoms with E-state index in [0.717, 1.165) is 5.56 Å². The van der Waals surface area contributed by atoms with Gasteiger partial charge in [-0.3, -0.25) is 14.4 Å². The third kappa shape index (κ3) is 5.98. The van der Waals surface area contributed by atoms with E-state index >= 15 is 0 Å². The van der Waals surface area contributed by atoms with Crippen LogP contribution in [0.2, 0.25) is 5.02 Å². The van der Waals surface area contributed by atoms with Gasteiger partial charge in [-0.15, -0.1) is 0 Å². The molecule has 2 aromatic rings. The highest BCUT2D eigenvalue weighted by molar-refractivity contribution is 6.30. The van der Waals surface area contributed by atoms with Gasteiger partial charge in [0.05, 0.1) is 18.7 Å². The molecule has 0 spiro atoms. The van der Waals surface area contributed by atoms with Crippen molar-refractivity contribution in [2.75, 3.05) is 30.4 Å². The van der Waals surface area contributed by atoms with Crippen molar-refractivity contribution in [2.45, 2.75) is 26.2 Å². The van der Waals surface area contributed by atoms with Gasteiger partial charge in [0, 0.05) is 36.6 Å². The number of nitrogens with one attached hydrogen (secondary N) is 2. The zero-order chi connectivity index (χ0) is 22.4. The van der Waals surface area contributed by atoms with Crippen molar-refractivity contribution in [3.63, 3.8) is 0 Å². The first-order valence-electron chi connectivity index (χ1n) is 10.2. The highest BCUT2D eigenvalue weighted by atomic mass is 35.5. The predicted octanol–water partition coefficient (Wildman–Crippen LogP) is 3.55. The Morgan fingerprint density at radius 3 is 2.65 bits per heavy atom. The maximum absolute atomic E-state index is 12.5. The van der Waals surface area contributed by atoms with E-state index in [1.54, 1.807) is 36.3 Å². The van der Waals surface area contributed by atoms with E-state index in [-0.39, 0.29) is 30.6 Å². The van der Waals surface area contributed by atoms with Crippen LogP contribution >= 0.6 is 11.6 Å². The summed E-state index contributed by atoms with van der Waals surface area (Å²) in [7, 11) is 1.56. The molecule has 7 nitrogen and oxygen atoms in total. The van der Waals surface area contributed by atoms with Gasteiger partial charge in [-0.25, -0.2) is 0 Å². The van der Waals surface area contributed by atoms with E-state index in [0.29, 0.717) is 41.7 Å². The van der Waals surface area contributed by atoms with E-state index in [9.17, 15) is 14.4 Å². The zero-order valence-corrected chi connectivity index (χ0v) is 18.4. The second kappa shape index (κ2) is 10.3. The fraction of sp³-hybridized carbons (Fsp3) is 0.348. The lowest BCUT2D eigenvalue weighted by Gasteiger charge is -2.20. The average Bonchev–Trinajstić information content (AvgIpc) is 3.14. The number of anilines is 2. The third-order valence-electron chi connectivity index (χ3n) is 5.13. The van der Waals surface area contributed by atoms with Crippen LogP contribution < -0.4 is 20.3 Å². The first kappa shape index (κ1) is 22.6. The molecule has 1 aliphatic heterocycles. The molecule has 1 saturated heterocycles. The molecule has 3 rings (SSSR count). The van der Waals surface area contributed by atoms with Crippen LogP contribution in [0.25, 0.3) is 0 Å². The Labute approximate surface area is 186 Å². The largest absolute Gasteiger partial charge is 0.495 e. The fourth-order valence-electron chi connectivity index (χ4n) is 3.49. The number of amides is 3. The smallest absolute Gasteiger partial charge is 0.227 e. The van der Waals surface area contributed by atoms with Crippen LogP contribution in [0.5, 0.6) is 5.75 Å². The summed E-state index contributed by atoms with van der Waals surface area (Å²) in [6.07, 6.45) is 0.931. The molecule has 164 valence electrons. The van der Waals surface area contributed by atoms with Crippen LogP contribution in [-0.4, -0.2) is 37.9 Å². The van der Waals surface area contributed by atoms with Crippen molar-refractivity contribution < 1.29 is 19.1 Å². The van der Waals surface area contributed by atoms with Gasteiger partial charge in [0.15, 0.2) is 0 Å². The van der Waals surface area contributed by atoms with Gasteiger partial charge in [0.1, 0.15) is 5.75 Å². The van der Waals surface area contributed by atoms with Gasteiger partial charge in [-0.1, -0.05) is 17.7 Å². The molecule has 0 saturated carbocycles. The van der Waals surface area contributed by atoms with E-state index in [2.05, 4.69) is 10.6 Å². The lowest BCUT2D eigenvalue weighted by atomic mass is 10.1. The first-order chi connectivity index (χ1) is 14.9. The van der Waals surface area contributed by atoms with Gasteiger partial charge in [-0.05, 0) is 55.3 Å². The maximum atomic E-state index is 12.5. The summed E-state index contributed by atoms with van der Waals surface area (Å²) in [5.74, 6) is -0.246. The molecule has 1 atom stereocenters. The zero-order valence-electron chi connectivity index (χ0n) is 17.6. The summed E-state index contributed by atoms with van der Waals surface area (Å²) < 4.78 is 5.37. The van der Waals surface area contributed by atoms with Gasteiger partial charge >= 0.3 is 0 Å². The molecular formula is C23H26ClN3O4. The normalized spacial score (nSPS) is 15.6. The van der Waals surface area contributed by atoms with Crippen LogP contribution in [0.1, 0.15) is 24.8 Å². The Kier molecular flexibility index (Phi) is 7.52. The van der Waals surface area contributed by atoms with Crippen molar-refractivity contribution in [3.05, 3.63) is 53.1 Å². The second-order valence-corrected chi connectivity index (χ2v) is 7.97. The number of nitrogens with zero attached hydrogens (tertiary/aromatic N) is 1. The Balaban J connectivity index is 1.45. The molecule has 1 unspecified atom stereocenters. The molecule has 0 radical (unpaired) electrons. The minimum atomic E-state index is -0.430. The quantitative estimate of drug-likeness (QED) is 0.611. The van der Waals surface area contributed by atoms with E-state index in [1.165, 1.54) is 0 Å². The molecule has 1 heterocycles. The summed E-state index contributed by atoms with van der Waals surface area (Å²) in [6.45, 7) is 2.61. The van der Waals surface area contributed by atoms with Crippen LogP contribution in [-0.2, 0) is 14.4 Å². The van der Waals surface area contributed by atoms with Gasteiger partial charge in [0.25, 0.3) is 0 Å². The number of methoxy groups -OCH3 is 1. The van der Waals surface area contributed by atoms with Crippen molar-refractivity contribution in [3.8, 4) is 5.75 Å². The average molecular weight is 444 g/mol. The molecule has 0 bridgehead atoms. The number of hydrogen-bond acceptors (Lipinski definition) is 4. The summed E-state index contributed by atoms with van der Waals surface area (Å²) in [5, 5.41) is 6.22. The number of aryl methyl sites for hydroxylation is 1. The molecular weight excluding hydrogens is 418 g/mol. The summed E-state index contributed by atoms with van der Waals surface area (Å²) in [6, 6.07) is 12.5. The highest BCUT2D eigenvalue weighted by Crippen LogP contribution is 2.33. The number of carbonyl (C=O) groups excluding carboxylic acids is 3. The van der Waals surface area contributed by atoms with Crippen LogP contribution in [0.3, 0.4) is 0 Å². The second-order valence-electron chi connectivity index (χ2n) is 7.53. The van der Waals surface area contributed by atoms with Gasteiger partial charge in [-0.2, -0.15) is 0 Å². The molecule has 0 aromatic heterocycles. The minimum absolute atomic E-state index is 0.105. The number of halogens is 1. The monoisotopic (exact) mass is 443 g/mol. The van der Waals surface area contributed by atoms with Gasteiger partial charge in [0.2, 0.25) is 17.7 Å². The van der Waals surface area contributed by atoms with Crippen molar-refractivity contribution in [2.24, 2.45) is 5.92 Å². The number of carbonyl (C=O) groups is 3. The number of ether oxygens (including phenoxy) is 1. The third-order valence-corrected chi connectivity index (χ3v) is 5.38. The lowest BCUT2D eigenvalue weighted by molar-refractivity contribution is -0.126. The fourth-order valence-corrected chi connectivity index (χ4v) is 3.61. The maximum Gasteiger partial charge on any atom is 0.227 e. The van der Waals surface area contributed by atoms with E-state index < -0.39 is 5.92 Å². The van der Waals surface area contributed by atoms with E-state index in [4.69, 9.17) is 16.3 Å². The van der Waals surface area contributed by atoms with Crippen molar-refractivity contribution in [1.82, 2.24) is 5.32 Å². The van der Waals surface area contributed by atoms with Crippen LogP contribution in [0.4, 0.5) is 11.4 Å². The van der Waals surface area contributed by atoms with Crippen molar-refractivity contribution >= 4 is 40.7 Å². The Morgan fingerprint density at radius 2 is 1.94 bits per heavy atom. The SMILES string of the molecule is COc1ccc(C)cc1N1CC(C(=O)NCCCC(=O)Nc2ccc(Cl)cc2)CC1=O. The predicted molar refractivity (Wildman–Crippen MR) is 121 cm³/mol. The van der Waals surface area contributed by atoms with Gasteiger partial charge < -0.3 is 20.3 Å². The topological polar surface area (TPSA) is 87.7 Å². The molecule has 8 heteroatoms.